The van der Waals surface area contributed by atoms with Gasteiger partial charge >= 0.3 is 5.97 Å². The maximum atomic E-state index is 10.9. The Kier molecular flexibility index (Phi) is 7.82. The molecule has 1 aliphatic rings. The number of fused-ring (bicyclic) bond motifs is 1. The van der Waals surface area contributed by atoms with Gasteiger partial charge in [-0.1, -0.05) is 24.3 Å². The first-order chi connectivity index (χ1) is 16.2. The van der Waals surface area contributed by atoms with Crippen LogP contribution in [0.15, 0.2) is 66.7 Å². The fourth-order valence-electron chi connectivity index (χ4n) is 3.91. The molecule has 6 nitrogen and oxygen atoms in total. The number of hydrogen-bond acceptors (Lipinski definition) is 5. The molecule has 0 atom stereocenters. The molecule has 0 saturated heterocycles. The first-order valence-corrected chi connectivity index (χ1v) is 11.3. The van der Waals surface area contributed by atoms with Crippen LogP contribution in [0.2, 0.25) is 0 Å². The van der Waals surface area contributed by atoms with Crippen molar-refractivity contribution in [2.45, 2.75) is 32.2 Å². The van der Waals surface area contributed by atoms with Crippen molar-refractivity contribution in [2.75, 3.05) is 19.8 Å². The number of nitrogens with one attached hydrogen (secondary N) is 1. The van der Waals surface area contributed by atoms with Crippen LogP contribution in [0.3, 0.4) is 0 Å². The zero-order valence-electron chi connectivity index (χ0n) is 18.6. The molecular weight excluding hydrogens is 418 g/mol. The van der Waals surface area contributed by atoms with Gasteiger partial charge in [-0.25, -0.2) is 0 Å². The summed E-state index contributed by atoms with van der Waals surface area (Å²) >= 11 is 0. The molecule has 0 aromatic heterocycles. The summed E-state index contributed by atoms with van der Waals surface area (Å²) in [5, 5.41) is 12.4. The molecule has 1 heterocycles. The van der Waals surface area contributed by atoms with Crippen molar-refractivity contribution < 1.29 is 24.1 Å². The lowest BCUT2D eigenvalue weighted by atomic mass is 9.92. The molecule has 0 fully saturated rings. The van der Waals surface area contributed by atoms with Crippen LogP contribution in [-0.4, -0.2) is 30.8 Å². The van der Waals surface area contributed by atoms with E-state index in [-0.39, 0.29) is 6.42 Å². The SMILES string of the molecule is O=C(O)CCc1ccc(OCCCOc2ccc(Oc3ccccc3)cc2)c2c1CNCC2. The number of carboxylic acid groups (broad SMARTS) is 1. The summed E-state index contributed by atoms with van der Waals surface area (Å²) < 4.78 is 17.7. The largest absolute Gasteiger partial charge is 0.493 e. The number of benzene rings is 3. The Morgan fingerprint density at radius 2 is 1.58 bits per heavy atom. The van der Waals surface area contributed by atoms with Crippen LogP contribution in [0.25, 0.3) is 0 Å². The average Bonchev–Trinajstić information content (AvgIpc) is 2.84. The number of aliphatic carboxylic acids is 1. The van der Waals surface area contributed by atoms with Gasteiger partial charge in [0.1, 0.15) is 23.0 Å². The molecule has 172 valence electrons. The zero-order valence-corrected chi connectivity index (χ0v) is 18.6. The second-order valence-electron chi connectivity index (χ2n) is 7.94. The second-order valence-corrected chi connectivity index (χ2v) is 7.94. The Hall–Kier alpha value is -3.51. The summed E-state index contributed by atoms with van der Waals surface area (Å²) in [6, 6.07) is 21.2. The molecule has 0 bridgehead atoms. The van der Waals surface area contributed by atoms with E-state index in [0.717, 1.165) is 54.5 Å². The van der Waals surface area contributed by atoms with Crippen LogP contribution < -0.4 is 19.5 Å². The summed E-state index contributed by atoms with van der Waals surface area (Å²) in [6.45, 7) is 2.77. The molecule has 0 amide bonds. The number of para-hydroxylation sites is 1. The monoisotopic (exact) mass is 447 g/mol. The van der Waals surface area contributed by atoms with Gasteiger partial charge in [0, 0.05) is 24.9 Å². The fourth-order valence-corrected chi connectivity index (χ4v) is 3.91. The lowest BCUT2D eigenvalue weighted by Crippen LogP contribution is -2.25. The number of ether oxygens (including phenoxy) is 3. The van der Waals surface area contributed by atoms with Crippen LogP contribution in [0.4, 0.5) is 0 Å². The zero-order chi connectivity index (χ0) is 22.9. The molecule has 0 unspecified atom stereocenters. The van der Waals surface area contributed by atoms with E-state index in [1.165, 1.54) is 11.1 Å². The van der Waals surface area contributed by atoms with Gasteiger partial charge in [-0.15, -0.1) is 0 Å². The number of aryl methyl sites for hydroxylation is 1. The Morgan fingerprint density at radius 3 is 2.36 bits per heavy atom. The quantitative estimate of drug-likeness (QED) is 0.403. The maximum Gasteiger partial charge on any atom is 0.303 e. The van der Waals surface area contributed by atoms with Crippen molar-refractivity contribution in [1.29, 1.82) is 0 Å². The van der Waals surface area contributed by atoms with Crippen molar-refractivity contribution >= 4 is 5.97 Å². The van der Waals surface area contributed by atoms with E-state index in [0.29, 0.717) is 19.6 Å². The van der Waals surface area contributed by atoms with Crippen LogP contribution >= 0.6 is 0 Å². The number of hydrogen-bond donors (Lipinski definition) is 2. The summed E-state index contributed by atoms with van der Waals surface area (Å²) in [5.74, 6) is 2.49. The highest BCUT2D eigenvalue weighted by Gasteiger charge is 2.18. The standard InChI is InChI=1S/C27H29NO5/c29-27(30)14-8-20-7-13-26(24-15-16-28-19-25(20)24)32-18-4-17-31-21-9-11-23(12-10-21)33-22-5-2-1-3-6-22/h1-3,5-7,9-13,28H,4,8,14-19H2,(H,29,30). The van der Waals surface area contributed by atoms with Crippen LogP contribution in [0, 0.1) is 0 Å². The first kappa shape index (κ1) is 22.7. The summed E-state index contributed by atoms with van der Waals surface area (Å²) in [6.07, 6.45) is 2.33. The lowest BCUT2D eigenvalue weighted by Gasteiger charge is -2.23. The minimum Gasteiger partial charge on any atom is -0.493 e. The number of rotatable bonds is 11. The van der Waals surface area contributed by atoms with Gasteiger partial charge in [0.25, 0.3) is 0 Å². The number of carboxylic acids is 1. The Balaban J connectivity index is 1.24. The van der Waals surface area contributed by atoms with E-state index < -0.39 is 5.97 Å². The summed E-state index contributed by atoms with van der Waals surface area (Å²) in [5.41, 5.74) is 3.48. The van der Waals surface area contributed by atoms with E-state index >= 15 is 0 Å². The van der Waals surface area contributed by atoms with Gasteiger partial charge < -0.3 is 24.6 Å². The molecule has 6 heteroatoms. The lowest BCUT2D eigenvalue weighted by molar-refractivity contribution is -0.136. The third kappa shape index (κ3) is 6.49. The summed E-state index contributed by atoms with van der Waals surface area (Å²) in [7, 11) is 0. The average molecular weight is 448 g/mol. The first-order valence-electron chi connectivity index (χ1n) is 11.3. The van der Waals surface area contributed by atoms with Crippen molar-refractivity contribution in [2.24, 2.45) is 0 Å². The molecule has 0 aliphatic carbocycles. The fraction of sp³-hybridized carbons (Fsp3) is 0.296. The van der Waals surface area contributed by atoms with Gasteiger partial charge in [-0.05, 0) is 73.0 Å². The highest BCUT2D eigenvalue weighted by molar-refractivity contribution is 5.67. The van der Waals surface area contributed by atoms with Gasteiger partial charge in [0.15, 0.2) is 0 Å². The molecule has 0 saturated carbocycles. The van der Waals surface area contributed by atoms with Gasteiger partial charge in [0.2, 0.25) is 0 Å². The van der Waals surface area contributed by atoms with E-state index in [9.17, 15) is 4.79 Å². The molecular formula is C27H29NO5. The Morgan fingerprint density at radius 1 is 0.848 bits per heavy atom. The topological polar surface area (TPSA) is 77.0 Å². The van der Waals surface area contributed by atoms with Gasteiger partial charge in [-0.2, -0.15) is 0 Å². The second kappa shape index (κ2) is 11.4. The molecule has 0 radical (unpaired) electrons. The van der Waals surface area contributed by atoms with E-state index in [1.54, 1.807) is 0 Å². The normalized spacial score (nSPS) is 12.6. The van der Waals surface area contributed by atoms with Crippen LogP contribution in [-0.2, 0) is 24.2 Å². The van der Waals surface area contributed by atoms with Crippen LogP contribution in [0.1, 0.15) is 29.5 Å². The third-order valence-corrected chi connectivity index (χ3v) is 5.56. The minimum absolute atomic E-state index is 0.142. The van der Waals surface area contributed by atoms with E-state index in [4.69, 9.17) is 19.3 Å². The van der Waals surface area contributed by atoms with E-state index in [2.05, 4.69) is 5.32 Å². The molecule has 1 aliphatic heterocycles. The van der Waals surface area contributed by atoms with Crippen molar-refractivity contribution in [1.82, 2.24) is 5.32 Å². The van der Waals surface area contributed by atoms with Crippen molar-refractivity contribution in [3.8, 4) is 23.0 Å². The highest BCUT2D eigenvalue weighted by atomic mass is 16.5. The number of carbonyl (C=O) groups is 1. The Bertz CT molecular complexity index is 1050. The third-order valence-electron chi connectivity index (χ3n) is 5.56. The van der Waals surface area contributed by atoms with Gasteiger partial charge in [-0.3, -0.25) is 4.79 Å². The van der Waals surface area contributed by atoms with Gasteiger partial charge in [0.05, 0.1) is 13.2 Å². The Labute approximate surface area is 194 Å². The predicted octanol–water partition coefficient (Wildman–Crippen LogP) is 4.99. The maximum absolute atomic E-state index is 10.9. The molecule has 33 heavy (non-hydrogen) atoms. The molecule has 0 spiro atoms. The van der Waals surface area contributed by atoms with E-state index in [1.807, 2.05) is 66.7 Å². The molecule has 3 aromatic carbocycles. The highest BCUT2D eigenvalue weighted by Crippen LogP contribution is 2.29. The van der Waals surface area contributed by atoms with Crippen molar-refractivity contribution in [3.05, 3.63) is 83.4 Å². The summed E-state index contributed by atoms with van der Waals surface area (Å²) in [4.78, 5) is 10.9. The molecule has 4 rings (SSSR count). The van der Waals surface area contributed by atoms with Crippen molar-refractivity contribution in [3.63, 3.8) is 0 Å². The molecule has 3 aromatic rings. The predicted molar refractivity (Wildman–Crippen MR) is 126 cm³/mol. The minimum atomic E-state index is -0.772. The van der Waals surface area contributed by atoms with Crippen LogP contribution in [0.5, 0.6) is 23.0 Å². The molecule has 2 N–H and O–H groups in total. The smallest absolute Gasteiger partial charge is 0.303 e.